The second kappa shape index (κ2) is 5.58. The van der Waals surface area contributed by atoms with Crippen LogP contribution in [0.2, 0.25) is 5.02 Å². The number of hydrogen-bond donors (Lipinski definition) is 1. The van der Waals surface area contributed by atoms with Gasteiger partial charge in [0.25, 0.3) is 0 Å². The first kappa shape index (κ1) is 13.6. The molecule has 1 aromatic heterocycles. The van der Waals surface area contributed by atoms with Gasteiger partial charge in [-0.15, -0.1) is 0 Å². The van der Waals surface area contributed by atoms with Crippen molar-refractivity contribution in [3.8, 4) is 0 Å². The summed E-state index contributed by atoms with van der Waals surface area (Å²) in [7, 11) is 0. The Morgan fingerprint density at radius 1 is 1.35 bits per heavy atom. The van der Waals surface area contributed by atoms with E-state index in [1.807, 2.05) is 0 Å². The molecule has 5 nitrogen and oxygen atoms in total. The molecule has 0 saturated carbocycles. The quantitative estimate of drug-likeness (QED) is 0.921. The molecule has 0 radical (unpaired) electrons. The molecule has 0 spiro atoms. The minimum Gasteiger partial charge on any atom is -0.381 e. The number of carbonyl (C=O) groups excluding carboxylic acids is 1. The molecule has 6 heteroatoms. The van der Waals surface area contributed by atoms with Gasteiger partial charge >= 0.3 is 0 Å². The Morgan fingerprint density at radius 2 is 2.05 bits per heavy atom. The van der Waals surface area contributed by atoms with Crippen LogP contribution in [0.5, 0.6) is 0 Å². The molecular formula is C14H18ClN3O2. The van der Waals surface area contributed by atoms with Crippen LogP contribution >= 0.6 is 11.6 Å². The fourth-order valence-corrected chi connectivity index (χ4v) is 3.25. The van der Waals surface area contributed by atoms with Crippen LogP contribution in [0.1, 0.15) is 23.2 Å². The zero-order valence-electron chi connectivity index (χ0n) is 11.2. The molecule has 2 saturated heterocycles. The van der Waals surface area contributed by atoms with E-state index >= 15 is 0 Å². The van der Waals surface area contributed by atoms with Crippen LogP contribution in [0, 0.1) is 11.8 Å². The number of rotatable bonds is 3. The first-order chi connectivity index (χ1) is 9.65. The number of anilines is 1. The Bertz CT molecular complexity index is 511. The van der Waals surface area contributed by atoms with E-state index in [1.54, 1.807) is 6.07 Å². The molecule has 0 atom stereocenters. The Balaban J connectivity index is 1.63. The van der Waals surface area contributed by atoms with E-state index in [-0.39, 0.29) is 0 Å². The van der Waals surface area contributed by atoms with Gasteiger partial charge in [-0.3, -0.25) is 4.79 Å². The van der Waals surface area contributed by atoms with Gasteiger partial charge in [-0.25, -0.2) is 4.98 Å². The lowest BCUT2D eigenvalue weighted by Crippen LogP contribution is -2.51. The van der Waals surface area contributed by atoms with Gasteiger partial charge < -0.3 is 15.4 Å². The summed E-state index contributed by atoms with van der Waals surface area (Å²) in [6, 6.07) is 1.59. The smallest absolute Gasteiger partial charge is 0.250 e. The van der Waals surface area contributed by atoms with E-state index in [1.165, 1.54) is 6.20 Å². The van der Waals surface area contributed by atoms with Gasteiger partial charge in [0.15, 0.2) is 0 Å². The van der Waals surface area contributed by atoms with Gasteiger partial charge in [-0.2, -0.15) is 0 Å². The fourth-order valence-electron chi connectivity index (χ4n) is 2.97. The largest absolute Gasteiger partial charge is 0.381 e. The molecule has 1 aromatic rings. The number of amides is 1. The number of pyridine rings is 1. The fraction of sp³-hybridized carbons (Fsp3) is 0.571. The molecule has 20 heavy (non-hydrogen) atoms. The molecule has 108 valence electrons. The topological polar surface area (TPSA) is 68.5 Å². The van der Waals surface area contributed by atoms with Gasteiger partial charge in [0.2, 0.25) is 5.91 Å². The third-order valence-corrected chi connectivity index (χ3v) is 4.53. The van der Waals surface area contributed by atoms with E-state index in [0.717, 1.165) is 50.9 Å². The predicted octanol–water partition coefficient (Wildman–Crippen LogP) is 1.70. The number of nitrogens with zero attached hydrogens (tertiary/aromatic N) is 2. The molecule has 0 unspecified atom stereocenters. The third kappa shape index (κ3) is 2.60. The number of carbonyl (C=O) groups is 1. The van der Waals surface area contributed by atoms with Crippen LogP contribution in [0.25, 0.3) is 0 Å². The highest BCUT2D eigenvalue weighted by atomic mass is 35.5. The predicted molar refractivity (Wildman–Crippen MR) is 77.0 cm³/mol. The molecule has 0 aromatic carbocycles. The number of ether oxygens (including phenoxy) is 1. The van der Waals surface area contributed by atoms with E-state index in [9.17, 15) is 4.79 Å². The van der Waals surface area contributed by atoms with E-state index < -0.39 is 5.91 Å². The average molecular weight is 296 g/mol. The summed E-state index contributed by atoms with van der Waals surface area (Å²) < 4.78 is 5.39. The first-order valence-corrected chi connectivity index (χ1v) is 7.31. The summed E-state index contributed by atoms with van der Waals surface area (Å²) in [4.78, 5) is 17.5. The van der Waals surface area contributed by atoms with Crippen LogP contribution in [0.3, 0.4) is 0 Å². The second-order valence-corrected chi connectivity index (χ2v) is 5.92. The summed E-state index contributed by atoms with van der Waals surface area (Å²) >= 11 is 6.18. The number of nitrogens with two attached hydrogens (primary N) is 1. The highest BCUT2D eigenvalue weighted by molar-refractivity contribution is 6.33. The number of halogens is 1. The Hall–Kier alpha value is -1.33. The maximum Gasteiger partial charge on any atom is 0.250 e. The molecule has 0 aliphatic carbocycles. The summed E-state index contributed by atoms with van der Waals surface area (Å²) in [5.74, 6) is 1.70. The van der Waals surface area contributed by atoms with E-state index in [2.05, 4.69) is 9.88 Å². The Labute approximate surface area is 123 Å². The second-order valence-electron chi connectivity index (χ2n) is 5.51. The van der Waals surface area contributed by atoms with Gasteiger partial charge in [0.1, 0.15) is 5.82 Å². The van der Waals surface area contributed by atoms with Crippen LogP contribution in [-0.2, 0) is 4.74 Å². The summed E-state index contributed by atoms with van der Waals surface area (Å²) in [5, 5.41) is 0.492. The van der Waals surface area contributed by atoms with Crippen LogP contribution in [0.15, 0.2) is 12.3 Å². The van der Waals surface area contributed by atoms with Crippen molar-refractivity contribution < 1.29 is 9.53 Å². The van der Waals surface area contributed by atoms with Gasteiger partial charge in [-0.1, -0.05) is 11.6 Å². The highest BCUT2D eigenvalue weighted by Crippen LogP contribution is 2.36. The SMILES string of the molecule is NC(=O)c1cnc(N2CC(C3CCOCC3)C2)c(Cl)c1. The lowest BCUT2D eigenvalue weighted by atomic mass is 9.81. The lowest BCUT2D eigenvalue weighted by Gasteiger charge is -2.45. The average Bonchev–Trinajstić information content (AvgIpc) is 2.40. The third-order valence-electron chi connectivity index (χ3n) is 4.25. The van der Waals surface area contributed by atoms with E-state index in [4.69, 9.17) is 22.1 Å². The minimum absolute atomic E-state index is 0.347. The maximum absolute atomic E-state index is 11.1. The Morgan fingerprint density at radius 3 is 2.65 bits per heavy atom. The lowest BCUT2D eigenvalue weighted by molar-refractivity contribution is 0.0409. The maximum atomic E-state index is 11.1. The van der Waals surface area contributed by atoms with Gasteiger partial charge in [0, 0.05) is 32.5 Å². The molecule has 3 rings (SSSR count). The summed E-state index contributed by atoms with van der Waals surface area (Å²) in [6.07, 6.45) is 3.80. The molecule has 2 fully saturated rings. The van der Waals surface area contributed by atoms with Crippen molar-refractivity contribution in [1.29, 1.82) is 0 Å². The minimum atomic E-state index is -0.505. The van der Waals surface area contributed by atoms with Crippen LogP contribution in [0.4, 0.5) is 5.82 Å². The van der Waals surface area contributed by atoms with Gasteiger partial charge in [0.05, 0.1) is 10.6 Å². The van der Waals surface area contributed by atoms with Crippen LogP contribution in [-0.4, -0.2) is 37.2 Å². The van der Waals surface area contributed by atoms with Crippen LogP contribution < -0.4 is 10.6 Å². The van der Waals surface area contributed by atoms with Crippen molar-refractivity contribution >= 4 is 23.3 Å². The van der Waals surface area contributed by atoms with Gasteiger partial charge in [-0.05, 0) is 30.7 Å². The summed E-state index contributed by atoms with van der Waals surface area (Å²) in [6.45, 7) is 3.72. The zero-order chi connectivity index (χ0) is 14.1. The molecule has 3 heterocycles. The van der Waals surface area contributed by atoms with Crippen molar-refractivity contribution in [2.24, 2.45) is 17.6 Å². The standard InChI is InChI=1S/C14H18ClN3O2/c15-12-5-10(13(16)19)6-17-14(12)18-7-11(8-18)9-1-3-20-4-2-9/h5-6,9,11H,1-4,7-8H2,(H2,16,19). The van der Waals surface area contributed by atoms with E-state index in [0.29, 0.717) is 16.5 Å². The van der Waals surface area contributed by atoms with Crippen molar-refractivity contribution in [2.45, 2.75) is 12.8 Å². The Kier molecular flexibility index (Phi) is 3.81. The highest BCUT2D eigenvalue weighted by Gasteiger charge is 2.35. The number of hydrogen-bond acceptors (Lipinski definition) is 4. The van der Waals surface area contributed by atoms with Crippen molar-refractivity contribution in [3.63, 3.8) is 0 Å². The van der Waals surface area contributed by atoms with Crippen molar-refractivity contribution in [3.05, 3.63) is 22.8 Å². The summed E-state index contributed by atoms with van der Waals surface area (Å²) in [5.41, 5.74) is 5.56. The molecule has 1 amide bonds. The number of primary amides is 1. The van der Waals surface area contributed by atoms with Crippen molar-refractivity contribution in [2.75, 3.05) is 31.2 Å². The molecule has 2 aliphatic rings. The van der Waals surface area contributed by atoms with Crippen molar-refractivity contribution in [1.82, 2.24) is 4.98 Å². The molecule has 0 bridgehead atoms. The first-order valence-electron chi connectivity index (χ1n) is 6.93. The molecule has 2 aliphatic heterocycles. The normalized spacial score (nSPS) is 20.8. The molecule has 2 N–H and O–H groups in total. The zero-order valence-corrected chi connectivity index (χ0v) is 12.0. The molecular weight excluding hydrogens is 278 g/mol. The number of aromatic nitrogens is 1. The monoisotopic (exact) mass is 295 g/mol.